The van der Waals surface area contributed by atoms with Crippen molar-refractivity contribution in [2.45, 2.75) is 0 Å². The number of pyridine rings is 1. The van der Waals surface area contributed by atoms with E-state index in [0.29, 0.717) is 0 Å². The van der Waals surface area contributed by atoms with Gasteiger partial charge in [-0.3, -0.25) is 10.1 Å². The van der Waals surface area contributed by atoms with Gasteiger partial charge >= 0.3 is 11.7 Å². The van der Waals surface area contributed by atoms with E-state index in [0.717, 1.165) is 25.4 Å². The number of esters is 1. The summed E-state index contributed by atoms with van der Waals surface area (Å²) in [6.07, 6.45) is 1.08. The maximum atomic E-state index is 13.0. The van der Waals surface area contributed by atoms with E-state index in [9.17, 15) is 19.3 Å². The highest BCUT2D eigenvalue weighted by Crippen LogP contribution is 2.30. The monoisotopic (exact) mass is 292 g/mol. The minimum Gasteiger partial charge on any atom is -0.465 e. The van der Waals surface area contributed by atoms with Gasteiger partial charge in [0.25, 0.3) is 5.88 Å². The Morgan fingerprint density at radius 1 is 1.38 bits per heavy atom. The molecule has 1 aromatic carbocycles. The fourth-order valence-corrected chi connectivity index (χ4v) is 1.52. The van der Waals surface area contributed by atoms with Crippen LogP contribution in [0.25, 0.3) is 0 Å². The maximum Gasteiger partial charge on any atom is 0.339 e. The Bertz CT molecular complexity index is 705. The van der Waals surface area contributed by atoms with Gasteiger partial charge in [0.15, 0.2) is 0 Å². The summed E-state index contributed by atoms with van der Waals surface area (Å²) in [6.45, 7) is 0. The Kier molecular flexibility index (Phi) is 4.07. The molecule has 108 valence electrons. The lowest BCUT2D eigenvalue weighted by Gasteiger charge is -2.06. The van der Waals surface area contributed by atoms with Crippen molar-refractivity contribution in [3.05, 3.63) is 58.0 Å². The van der Waals surface area contributed by atoms with Gasteiger partial charge in [-0.05, 0) is 12.1 Å². The molecular formula is C13H9FN2O5. The van der Waals surface area contributed by atoms with Crippen LogP contribution in [0.2, 0.25) is 0 Å². The topological polar surface area (TPSA) is 91.6 Å². The molecule has 2 rings (SSSR count). The number of aromatic nitrogens is 1. The van der Waals surface area contributed by atoms with Crippen molar-refractivity contribution < 1.29 is 23.6 Å². The molecule has 0 spiro atoms. The van der Waals surface area contributed by atoms with Crippen LogP contribution in [-0.2, 0) is 4.74 Å². The zero-order chi connectivity index (χ0) is 15.4. The number of ether oxygens (including phenoxy) is 2. The van der Waals surface area contributed by atoms with Crippen LogP contribution in [0.4, 0.5) is 10.1 Å². The number of hydrogen-bond donors (Lipinski definition) is 0. The summed E-state index contributed by atoms with van der Waals surface area (Å²) in [5.41, 5.74) is -0.613. The Balaban J connectivity index is 2.39. The van der Waals surface area contributed by atoms with E-state index in [1.807, 2.05) is 0 Å². The van der Waals surface area contributed by atoms with Crippen LogP contribution in [0.15, 0.2) is 36.5 Å². The third-order valence-corrected chi connectivity index (χ3v) is 2.46. The number of methoxy groups -OCH3 is 1. The summed E-state index contributed by atoms with van der Waals surface area (Å²) < 4.78 is 22.7. The SMILES string of the molecule is COC(=O)c1cnc(Oc2cccc(F)c2)c([N+](=O)[O-])c1. The van der Waals surface area contributed by atoms with Crippen molar-refractivity contribution >= 4 is 11.7 Å². The van der Waals surface area contributed by atoms with E-state index in [2.05, 4.69) is 9.72 Å². The van der Waals surface area contributed by atoms with Crippen LogP contribution in [-0.4, -0.2) is 23.0 Å². The van der Waals surface area contributed by atoms with E-state index in [1.54, 1.807) is 0 Å². The second-order valence-corrected chi connectivity index (χ2v) is 3.86. The number of hydrogen-bond acceptors (Lipinski definition) is 6. The van der Waals surface area contributed by atoms with Crippen molar-refractivity contribution in [1.82, 2.24) is 4.98 Å². The highest BCUT2D eigenvalue weighted by molar-refractivity contribution is 5.89. The maximum absolute atomic E-state index is 13.0. The normalized spacial score (nSPS) is 10.0. The van der Waals surface area contributed by atoms with Gasteiger partial charge in [-0.2, -0.15) is 0 Å². The molecule has 0 atom stereocenters. The molecule has 7 nitrogen and oxygen atoms in total. The molecule has 0 saturated heterocycles. The summed E-state index contributed by atoms with van der Waals surface area (Å²) >= 11 is 0. The van der Waals surface area contributed by atoms with E-state index >= 15 is 0 Å². The number of nitrogens with zero attached hydrogens (tertiary/aromatic N) is 2. The fraction of sp³-hybridized carbons (Fsp3) is 0.0769. The van der Waals surface area contributed by atoms with Crippen molar-refractivity contribution in [3.8, 4) is 11.6 Å². The average molecular weight is 292 g/mol. The predicted molar refractivity (Wildman–Crippen MR) is 68.7 cm³/mol. The second-order valence-electron chi connectivity index (χ2n) is 3.86. The van der Waals surface area contributed by atoms with Crippen molar-refractivity contribution in [1.29, 1.82) is 0 Å². The summed E-state index contributed by atoms with van der Waals surface area (Å²) in [7, 11) is 1.14. The molecule has 2 aromatic rings. The van der Waals surface area contributed by atoms with Crippen LogP contribution >= 0.6 is 0 Å². The molecule has 21 heavy (non-hydrogen) atoms. The highest BCUT2D eigenvalue weighted by atomic mass is 19.1. The smallest absolute Gasteiger partial charge is 0.339 e. The molecule has 0 aliphatic carbocycles. The Labute approximate surface area is 118 Å². The van der Waals surface area contributed by atoms with Crippen LogP contribution in [0, 0.1) is 15.9 Å². The lowest BCUT2D eigenvalue weighted by atomic mass is 10.2. The van der Waals surface area contributed by atoms with Crippen LogP contribution < -0.4 is 4.74 Å². The van der Waals surface area contributed by atoms with Gasteiger partial charge in [0, 0.05) is 18.3 Å². The molecule has 0 unspecified atom stereocenters. The first-order valence-electron chi connectivity index (χ1n) is 5.67. The first-order valence-corrected chi connectivity index (χ1v) is 5.67. The summed E-state index contributed by atoms with van der Waals surface area (Å²) in [4.78, 5) is 25.3. The lowest BCUT2D eigenvalue weighted by Crippen LogP contribution is -2.04. The molecule has 1 aromatic heterocycles. The largest absolute Gasteiger partial charge is 0.465 e. The fourth-order valence-electron chi connectivity index (χ4n) is 1.52. The van der Waals surface area contributed by atoms with Crippen LogP contribution in [0.3, 0.4) is 0 Å². The van der Waals surface area contributed by atoms with Gasteiger partial charge in [-0.25, -0.2) is 14.2 Å². The molecule has 0 fully saturated rings. The van der Waals surface area contributed by atoms with Crippen molar-refractivity contribution in [2.24, 2.45) is 0 Å². The Morgan fingerprint density at radius 2 is 2.14 bits per heavy atom. The molecule has 0 N–H and O–H groups in total. The zero-order valence-corrected chi connectivity index (χ0v) is 10.8. The number of carbonyl (C=O) groups excluding carboxylic acids is 1. The first-order chi connectivity index (χ1) is 10.0. The first kappa shape index (κ1) is 14.4. The van der Waals surface area contributed by atoms with Crippen LogP contribution in [0.1, 0.15) is 10.4 Å². The summed E-state index contributed by atoms with van der Waals surface area (Å²) in [5.74, 6) is -1.61. The summed E-state index contributed by atoms with van der Waals surface area (Å²) in [6, 6.07) is 6.05. The van der Waals surface area contributed by atoms with Gasteiger partial charge in [0.2, 0.25) is 0 Å². The molecule has 0 aliphatic rings. The zero-order valence-electron chi connectivity index (χ0n) is 10.8. The van der Waals surface area contributed by atoms with E-state index in [1.165, 1.54) is 18.2 Å². The lowest BCUT2D eigenvalue weighted by molar-refractivity contribution is -0.386. The molecule has 0 amide bonds. The Hall–Kier alpha value is -3.03. The molecule has 0 bridgehead atoms. The van der Waals surface area contributed by atoms with Gasteiger partial charge in [0.05, 0.1) is 17.6 Å². The van der Waals surface area contributed by atoms with Gasteiger partial charge < -0.3 is 9.47 Å². The Morgan fingerprint density at radius 3 is 2.76 bits per heavy atom. The third kappa shape index (κ3) is 3.30. The summed E-state index contributed by atoms with van der Waals surface area (Å²) in [5, 5.41) is 11.0. The predicted octanol–water partition coefficient (Wildman–Crippen LogP) is 2.71. The third-order valence-electron chi connectivity index (χ3n) is 2.46. The molecule has 0 radical (unpaired) electrons. The number of nitro groups is 1. The van der Waals surface area contributed by atoms with Gasteiger partial charge in [0.1, 0.15) is 11.6 Å². The van der Waals surface area contributed by atoms with Crippen molar-refractivity contribution in [3.63, 3.8) is 0 Å². The molecule has 1 heterocycles. The minimum absolute atomic E-state index is 0.0522. The number of benzene rings is 1. The van der Waals surface area contributed by atoms with E-state index in [-0.39, 0.29) is 17.2 Å². The quantitative estimate of drug-likeness (QED) is 0.488. The van der Waals surface area contributed by atoms with Crippen molar-refractivity contribution in [2.75, 3.05) is 7.11 Å². The van der Waals surface area contributed by atoms with Gasteiger partial charge in [-0.1, -0.05) is 6.07 Å². The number of carbonyl (C=O) groups is 1. The standard InChI is InChI=1S/C13H9FN2O5/c1-20-13(17)8-5-11(16(18)19)12(15-7-8)21-10-4-2-3-9(14)6-10/h2-7H,1H3. The van der Waals surface area contributed by atoms with E-state index < -0.39 is 22.4 Å². The molecule has 0 saturated carbocycles. The minimum atomic E-state index is -0.761. The van der Waals surface area contributed by atoms with Crippen LogP contribution in [0.5, 0.6) is 11.6 Å². The number of halogens is 1. The second kappa shape index (κ2) is 5.95. The van der Waals surface area contributed by atoms with Gasteiger partial charge in [-0.15, -0.1) is 0 Å². The molecule has 8 heteroatoms. The highest BCUT2D eigenvalue weighted by Gasteiger charge is 2.21. The molecule has 0 aliphatic heterocycles. The number of rotatable bonds is 4. The average Bonchev–Trinajstić information content (AvgIpc) is 2.46. The molecular weight excluding hydrogens is 283 g/mol. The van der Waals surface area contributed by atoms with E-state index in [4.69, 9.17) is 4.74 Å².